The van der Waals surface area contributed by atoms with Gasteiger partial charge in [-0.3, -0.25) is 9.59 Å². The fraction of sp³-hybridized carbons (Fsp3) is 0.368. The highest BCUT2D eigenvalue weighted by atomic mass is 19.1. The molecule has 1 fully saturated rings. The number of hydrogen-bond donors (Lipinski definition) is 2. The third-order valence-electron chi connectivity index (χ3n) is 5.02. The molecule has 3 heterocycles. The van der Waals surface area contributed by atoms with Crippen LogP contribution in [0.4, 0.5) is 4.39 Å². The lowest BCUT2D eigenvalue weighted by atomic mass is 10.1. The molecule has 1 aromatic carbocycles. The summed E-state index contributed by atoms with van der Waals surface area (Å²) in [6.07, 6.45) is 1.62. The molecule has 1 atom stereocenters. The van der Waals surface area contributed by atoms with E-state index in [-0.39, 0.29) is 29.7 Å². The van der Waals surface area contributed by atoms with E-state index in [1.165, 1.54) is 12.1 Å². The lowest BCUT2D eigenvalue weighted by Gasteiger charge is -2.23. The molecule has 8 heteroatoms. The molecule has 2 N–H and O–H groups in total. The maximum absolute atomic E-state index is 13.4. The number of benzene rings is 1. The number of likely N-dealkylation sites (tertiary alicyclic amines) is 1. The molecule has 0 bridgehead atoms. The van der Waals surface area contributed by atoms with Gasteiger partial charge in [0.15, 0.2) is 0 Å². The zero-order valence-electron chi connectivity index (χ0n) is 15.2. The topological polar surface area (TPSA) is 94.7 Å². The molecule has 27 heavy (non-hydrogen) atoms. The number of halogens is 1. The van der Waals surface area contributed by atoms with Crippen molar-refractivity contribution in [3.8, 4) is 0 Å². The summed E-state index contributed by atoms with van der Waals surface area (Å²) in [5.41, 5.74) is 1.96. The summed E-state index contributed by atoms with van der Waals surface area (Å²) in [7, 11) is 0. The van der Waals surface area contributed by atoms with E-state index in [1.807, 2.05) is 0 Å². The lowest BCUT2D eigenvalue weighted by Crippen LogP contribution is -2.34. The average molecular weight is 369 g/mol. The fourth-order valence-electron chi connectivity index (χ4n) is 3.72. The number of hydrogen-bond acceptors (Lipinski definition) is 4. The highest BCUT2D eigenvalue weighted by Gasteiger charge is 2.32. The van der Waals surface area contributed by atoms with Gasteiger partial charge in [-0.2, -0.15) is 0 Å². The van der Waals surface area contributed by atoms with Crippen LogP contribution in [0.3, 0.4) is 0 Å². The summed E-state index contributed by atoms with van der Waals surface area (Å²) < 4.78 is 13.4. The Bertz CT molecular complexity index is 1090. The number of rotatable bonds is 3. The van der Waals surface area contributed by atoms with Gasteiger partial charge in [0, 0.05) is 17.8 Å². The maximum atomic E-state index is 13.4. The third-order valence-corrected chi connectivity index (χ3v) is 5.02. The van der Waals surface area contributed by atoms with Gasteiger partial charge in [0.2, 0.25) is 5.91 Å². The van der Waals surface area contributed by atoms with Crippen molar-refractivity contribution in [3.63, 3.8) is 0 Å². The van der Waals surface area contributed by atoms with E-state index in [0.29, 0.717) is 40.5 Å². The van der Waals surface area contributed by atoms with Gasteiger partial charge in [0.25, 0.3) is 5.56 Å². The number of aromatic nitrogens is 4. The number of aryl methyl sites for hydroxylation is 2. The molecule has 1 saturated heterocycles. The van der Waals surface area contributed by atoms with Crippen LogP contribution in [0.2, 0.25) is 0 Å². The van der Waals surface area contributed by atoms with Crippen LogP contribution < -0.4 is 5.56 Å². The summed E-state index contributed by atoms with van der Waals surface area (Å²) in [6, 6.07) is 4.18. The van der Waals surface area contributed by atoms with Crippen LogP contribution in [-0.2, 0) is 11.2 Å². The van der Waals surface area contributed by atoms with Crippen molar-refractivity contribution in [3.05, 3.63) is 57.3 Å². The van der Waals surface area contributed by atoms with Crippen LogP contribution in [0, 0.1) is 19.7 Å². The van der Waals surface area contributed by atoms with Crippen LogP contribution in [0.15, 0.2) is 23.0 Å². The number of nitrogens with zero attached hydrogens (tertiary/aromatic N) is 3. The number of amides is 1. The zero-order valence-corrected chi connectivity index (χ0v) is 15.2. The number of nitrogens with one attached hydrogen (secondary N) is 2. The van der Waals surface area contributed by atoms with Crippen molar-refractivity contribution in [1.29, 1.82) is 0 Å². The monoisotopic (exact) mass is 369 g/mol. The van der Waals surface area contributed by atoms with Crippen LogP contribution in [0.25, 0.3) is 11.0 Å². The Balaban J connectivity index is 1.61. The standard InChI is InChI=1S/C19H20FN5O2/c1-10-13(19(27)22-11(2)21-10)9-17(26)25-7-3-4-16(25)18-23-14-6-5-12(20)8-15(14)24-18/h5-6,8,16H,3-4,7,9H2,1-2H3,(H,23,24)(H,21,22,27)/t16-/m1/s1. The zero-order chi connectivity index (χ0) is 19.1. The molecule has 1 aliphatic rings. The average Bonchev–Trinajstić information content (AvgIpc) is 3.23. The second kappa shape index (κ2) is 6.61. The van der Waals surface area contributed by atoms with Crippen LogP contribution in [0.5, 0.6) is 0 Å². The Morgan fingerprint density at radius 1 is 1.30 bits per heavy atom. The van der Waals surface area contributed by atoms with E-state index in [2.05, 4.69) is 19.9 Å². The van der Waals surface area contributed by atoms with Crippen molar-refractivity contribution in [2.24, 2.45) is 0 Å². The smallest absolute Gasteiger partial charge is 0.254 e. The Morgan fingerprint density at radius 2 is 2.11 bits per heavy atom. The number of aromatic amines is 2. The minimum Gasteiger partial charge on any atom is -0.340 e. The van der Waals surface area contributed by atoms with E-state index in [0.717, 1.165) is 12.8 Å². The number of carbonyl (C=O) groups excluding carboxylic acids is 1. The van der Waals surface area contributed by atoms with Gasteiger partial charge < -0.3 is 14.9 Å². The summed E-state index contributed by atoms with van der Waals surface area (Å²) in [5, 5.41) is 0. The largest absolute Gasteiger partial charge is 0.340 e. The van der Waals surface area contributed by atoms with Crippen LogP contribution >= 0.6 is 0 Å². The molecular formula is C19H20FN5O2. The van der Waals surface area contributed by atoms with Crippen molar-refractivity contribution in [2.45, 2.75) is 39.2 Å². The van der Waals surface area contributed by atoms with Crippen molar-refractivity contribution >= 4 is 16.9 Å². The molecule has 1 aliphatic heterocycles. The highest BCUT2D eigenvalue weighted by molar-refractivity contribution is 5.80. The molecule has 0 unspecified atom stereocenters. The molecule has 0 spiro atoms. The van der Waals surface area contributed by atoms with Gasteiger partial charge >= 0.3 is 0 Å². The van der Waals surface area contributed by atoms with E-state index in [4.69, 9.17) is 0 Å². The first-order chi connectivity index (χ1) is 12.9. The molecule has 1 amide bonds. The van der Waals surface area contributed by atoms with Crippen LogP contribution in [0.1, 0.15) is 41.8 Å². The van der Waals surface area contributed by atoms with Crippen molar-refractivity contribution in [2.75, 3.05) is 6.54 Å². The third kappa shape index (κ3) is 3.22. The highest BCUT2D eigenvalue weighted by Crippen LogP contribution is 2.32. The summed E-state index contributed by atoms with van der Waals surface area (Å²) in [5.74, 6) is 0.707. The van der Waals surface area contributed by atoms with Gasteiger partial charge in [-0.1, -0.05) is 0 Å². The number of H-pyrrole nitrogens is 2. The lowest BCUT2D eigenvalue weighted by molar-refractivity contribution is -0.131. The molecule has 3 aromatic rings. The van der Waals surface area contributed by atoms with Gasteiger partial charge in [-0.25, -0.2) is 14.4 Å². The Labute approximate surface area is 154 Å². The van der Waals surface area contributed by atoms with Gasteiger partial charge in [0.1, 0.15) is 17.5 Å². The Hall–Kier alpha value is -3.03. The molecular weight excluding hydrogens is 349 g/mol. The molecule has 140 valence electrons. The second-order valence-corrected chi connectivity index (χ2v) is 6.92. The molecule has 7 nitrogen and oxygen atoms in total. The normalized spacial score (nSPS) is 17.0. The Kier molecular flexibility index (Phi) is 4.25. The molecule has 0 aliphatic carbocycles. The summed E-state index contributed by atoms with van der Waals surface area (Å²) >= 11 is 0. The van der Waals surface area contributed by atoms with E-state index in [1.54, 1.807) is 24.8 Å². The first kappa shape index (κ1) is 17.4. The van der Waals surface area contributed by atoms with Crippen molar-refractivity contribution < 1.29 is 9.18 Å². The molecule has 2 aromatic heterocycles. The number of imidazole rings is 1. The quantitative estimate of drug-likeness (QED) is 0.741. The first-order valence-corrected chi connectivity index (χ1v) is 8.93. The molecule has 0 saturated carbocycles. The predicted molar refractivity (Wildman–Crippen MR) is 97.8 cm³/mol. The minimum atomic E-state index is -0.335. The number of fused-ring (bicyclic) bond motifs is 1. The maximum Gasteiger partial charge on any atom is 0.254 e. The predicted octanol–water partition coefficient (Wildman–Crippen LogP) is 2.31. The van der Waals surface area contributed by atoms with E-state index >= 15 is 0 Å². The first-order valence-electron chi connectivity index (χ1n) is 8.93. The fourth-order valence-corrected chi connectivity index (χ4v) is 3.72. The minimum absolute atomic E-state index is 0.000195. The SMILES string of the molecule is Cc1nc(C)c(CC(=O)N2CCC[C@@H]2c2nc3ccc(F)cc3[nH]2)c(=O)[nH]1. The molecule has 0 radical (unpaired) electrons. The summed E-state index contributed by atoms with van der Waals surface area (Å²) in [6.45, 7) is 4.05. The van der Waals surface area contributed by atoms with Crippen molar-refractivity contribution in [1.82, 2.24) is 24.8 Å². The summed E-state index contributed by atoms with van der Waals surface area (Å²) in [4.78, 5) is 41.4. The van der Waals surface area contributed by atoms with Crippen LogP contribution in [-0.4, -0.2) is 37.3 Å². The Morgan fingerprint density at radius 3 is 2.89 bits per heavy atom. The van der Waals surface area contributed by atoms with E-state index < -0.39 is 0 Å². The van der Waals surface area contributed by atoms with E-state index in [9.17, 15) is 14.0 Å². The second-order valence-electron chi connectivity index (χ2n) is 6.92. The van der Waals surface area contributed by atoms with Gasteiger partial charge in [-0.15, -0.1) is 0 Å². The van der Waals surface area contributed by atoms with Gasteiger partial charge in [-0.05, 0) is 44.9 Å². The van der Waals surface area contributed by atoms with Gasteiger partial charge in [0.05, 0.1) is 23.5 Å². The molecule has 4 rings (SSSR count). The number of carbonyl (C=O) groups is 1.